The van der Waals surface area contributed by atoms with Crippen LogP contribution in [-0.4, -0.2) is 15.0 Å². The lowest BCUT2D eigenvalue weighted by molar-refractivity contribution is 0.673. The van der Waals surface area contributed by atoms with Crippen molar-refractivity contribution >= 4 is 76.2 Å². The van der Waals surface area contributed by atoms with Crippen LogP contribution in [0.1, 0.15) is 0 Å². The molecule has 0 aliphatic rings. The van der Waals surface area contributed by atoms with Crippen molar-refractivity contribution in [2.24, 2.45) is 0 Å². The Kier molecular flexibility index (Phi) is 5.92. The average Bonchev–Trinajstić information content (AvgIpc) is 3.59. The van der Waals surface area contributed by atoms with Crippen molar-refractivity contribution < 1.29 is 4.42 Å². The zero-order valence-electron chi connectivity index (χ0n) is 27.3. The molecule has 4 nitrogen and oxygen atoms in total. The highest BCUT2D eigenvalue weighted by molar-refractivity contribution is 6.25. The standard InChI is InChI=1S/C47H27N3O/c1-2-10-28(11-3-1)39-26-20-29-18-19-30-21-27-41(49-45(30)44(29)48-39)33-22-23-35(32-13-5-4-12-31(32)33)46-38-25-24-36-34-14-7-9-17-42(34)51-47(36)43(38)37-15-6-8-16-40(37)50-46/h1-27H. The SMILES string of the molecule is c1ccc(-c2ccc3ccc4ccc(-c5ccc(-c6nc7ccccc7c7c6ccc6c8ccccc8oc67)c6ccccc56)nc4c3n2)cc1. The van der Waals surface area contributed by atoms with Gasteiger partial charge >= 0.3 is 0 Å². The van der Waals surface area contributed by atoms with Gasteiger partial charge in [0.05, 0.1) is 33.6 Å². The van der Waals surface area contributed by atoms with Crippen molar-refractivity contribution in [2.45, 2.75) is 0 Å². The van der Waals surface area contributed by atoms with Crippen molar-refractivity contribution in [1.29, 1.82) is 0 Å². The van der Waals surface area contributed by atoms with Crippen LogP contribution in [0.5, 0.6) is 0 Å². The van der Waals surface area contributed by atoms with Gasteiger partial charge in [-0.25, -0.2) is 15.0 Å². The molecule has 4 aromatic heterocycles. The van der Waals surface area contributed by atoms with Crippen LogP contribution in [0.4, 0.5) is 0 Å². The van der Waals surface area contributed by atoms with E-state index in [1.165, 1.54) is 0 Å². The molecule has 11 rings (SSSR count). The molecule has 0 saturated carbocycles. The van der Waals surface area contributed by atoms with Crippen LogP contribution >= 0.6 is 0 Å². The number of fused-ring (bicyclic) bond motifs is 11. The van der Waals surface area contributed by atoms with Crippen LogP contribution in [-0.2, 0) is 0 Å². The zero-order valence-corrected chi connectivity index (χ0v) is 27.3. The number of pyridine rings is 3. The third-order valence-electron chi connectivity index (χ3n) is 10.3. The summed E-state index contributed by atoms with van der Waals surface area (Å²) in [4.78, 5) is 15.8. The van der Waals surface area contributed by atoms with Crippen LogP contribution in [0.15, 0.2) is 168 Å². The van der Waals surface area contributed by atoms with E-state index in [4.69, 9.17) is 19.4 Å². The fourth-order valence-electron chi connectivity index (χ4n) is 7.84. The molecule has 0 aliphatic carbocycles. The Bertz CT molecular complexity index is 3200. The number of furan rings is 1. The van der Waals surface area contributed by atoms with Crippen LogP contribution < -0.4 is 0 Å². The molecule has 4 heteroatoms. The number of nitrogens with zero attached hydrogens (tertiary/aromatic N) is 3. The molecule has 0 amide bonds. The molecule has 7 aromatic carbocycles. The van der Waals surface area contributed by atoms with Gasteiger partial charge in [-0.3, -0.25) is 0 Å². The van der Waals surface area contributed by atoms with E-state index < -0.39 is 0 Å². The first-order valence-corrected chi connectivity index (χ1v) is 17.2. The van der Waals surface area contributed by atoms with Crippen molar-refractivity contribution in [2.75, 3.05) is 0 Å². The number of hydrogen-bond donors (Lipinski definition) is 0. The molecule has 11 aromatic rings. The number of rotatable bonds is 3. The van der Waals surface area contributed by atoms with Crippen molar-refractivity contribution in [1.82, 2.24) is 15.0 Å². The lowest BCUT2D eigenvalue weighted by atomic mass is 9.92. The molecule has 0 bridgehead atoms. The van der Waals surface area contributed by atoms with Gasteiger partial charge in [0.25, 0.3) is 0 Å². The summed E-state index contributed by atoms with van der Waals surface area (Å²) in [5.41, 5.74) is 10.5. The molecule has 0 unspecified atom stereocenters. The fourth-order valence-corrected chi connectivity index (χ4v) is 7.84. The summed E-state index contributed by atoms with van der Waals surface area (Å²) in [7, 11) is 0. The van der Waals surface area contributed by atoms with Gasteiger partial charge in [-0.2, -0.15) is 0 Å². The predicted molar refractivity (Wildman–Crippen MR) is 211 cm³/mol. The molecule has 0 saturated heterocycles. The van der Waals surface area contributed by atoms with Gasteiger partial charge in [0, 0.05) is 54.4 Å². The van der Waals surface area contributed by atoms with Crippen LogP contribution in [0, 0.1) is 0 Å². The third kappa shape index (κ3) is 4.23. The summed E-state index contributed by atoms with van der Waals surface area (Å²) < 4.78 is 6.59. The van der Waals surface area contributed by atoms with Gasteiger partial charge in [0.1, 0.15) is 11.2 Å². The molecule has 0 fully saturated rings. The Balaban J connectivity index is 1.14. The minimum absolute atomic E-state index is 0.888. The van der Waals surface area contributed by atoms with Gasteiger partial charge in [-0.15, -0.1) is 0 Å². The van der Waals surface area contributed by atoms with E-state index in [2.05, 4.69) is 133 Å². The van der Waals surface area contributed by atoms with Crippen molar-refractivity contribution in [3.63, 3.8) is 0 Å². The van der Waals surface area contributed by atoms with Crippen LogP contribution in [0.2, 0.25) is 0 Å². The monoisotopic (exact) mass is 649 g/mol. The normalized spacial score (nSPS) is 11.9. The molecule has 51 heavy (non-hydrogen) atoms. The number of hydrogen-bond acceptors (Lipinski definition) is 4. The maximum absolute atomic E-state index is 6.59. The summed E-state index contributed by atoms with van der Waals surface area (Å²) in [6.07, 6.45) is 0. The first-order chi connectivity index (χ1) is 25.3. The van der Waals surface area contributed by atoms with Crippen molar-refractivity contribution in [3.05, 3.63) is 164 Å². The van der Waals surface area contributed by atoms with E-state index in [9.17, 15) is 0 Å². The van der Waals surface area contributed by atoms with Gasteiger partial charge in [-0.05, 0) is 41.1 Å². The average molecular weight is 650 g/mol. The summed E-state index contributed by atoms with van der Waals surface area (Å²) in [6, 6.07) is 57.1. The summed E-state index contributed by atoms with van der Waals surface area (Å²) in [5.74, 6) is 0. The summed E-state index contributed by atoms with van der Waals surface area (Å²) in [5, 5.41) is 9.83. The Hall–Kier alpha value is -6.91. The second kappa shape index (κ2) is 10.8. The summed E-state index contributed by atoms with van der Waals surface area (Å²) >= 11 is 0. The summed E-state index contributed by atoms with van der Waals surface area (Å²) in [6.45, 7) is 0. The highest BCUT2D eigenvalue weighted by Gasteiger charge is 2.19. The highest BCUT2D eigenvalue weighted by Crippen LogP contribution is 2.43. The van der Waals surface area contributed by atoms with E-state index in [-0.39, 0.29) is 0 Å². The molecule has 0 atom stereocenters. The van der Waals surface area contributed by atoms with E-state index >= 15 is 0 Å². The second-order valence-electron chi connectivity index (χ2n) is 13.1. The lowest BCUT2D eigenvalue weighted by Gasteiger charge is -2.15. The number of para-hydroxylation sites is 2. The Morgan fingerprint density at radius 1 is 0.373 bits per heavy atom. The third-order valence-corrected chi connectivity index (χ3v) is 10.3. The van der Waals surface area contributed by atoms with Gasteiger partial charge < -0.3 is 4.42 Å². The Morgan fingerprint density at radius 2 is 0.961 bits per heavy atom. The molecule has 0 N–H and O–H groups in total. The van der Waals surface area contributed by atoms with Gasteiger partial charge in [0.2, 0.25) is 0 Å². The minimum Gasteiger partial charge on any atom is -0.455 e. The van der Waals surface area contributed by atoms with Crippen LogP contribution in [0.3, 0.4) is 0 Å². The van der Waals surface area contributed by atoms with Crippen molar-refractivity contribution in [3.8, 4) is 33.8 Å². The number of aromatic nitrogens is 3. The number of benzene rings is 7. The fraction of sp³-hybridized carbons (Fsp3) is 0. The van der Waals surface area contributed by atoms with E-state index in [0.29, 0.717) is 0 Å². The lowest BCUT2D eigenvalue weighted by Crippen LogP contribution is -1.94. The highest BCUT2D eigenvalue weighted by atomic mass is 16.3. The van der Waals surface area contributed by atoms with E-state index in [1.807, 2.05) is 30.3 Å². The Labute approximate surface area is 292 Å². The van der Waals surface area contributed by atoms with Gasteiger partial charge in [-0.1, -0.05) is 133 Å². The minimum atomic E-state index is 0.888. The van der Waals surface area contributed by atoms with E-state index in [1.54, 1.807) is 0 Å². The molecule has 0 spiro atoms. The molecule has 0 radical (unpaired) electrons. The first-order valence-electron chi connectivity index (χ1n) is 17.2. The molecular formula is C47H27N3O. The second-order valence-corrected chi connectivity index (χ2v) is 13.1. The topological polar surface area (TPSA) is 51.8 Å². The van der Waals surface area contributed by atoms with Crippen LogP contribution in [0.25, 0.3) is 110 Å². The van der Waals surface area contributed by atoms with Gasteiger partial charge in [0.15, 0.2) is 0 Å². The quantitative estimate of drug-likeness (QED) is 0.179. The first kappa shape index (κ1) is 28.0. The largest absolute Gasteiger partial charge is 0.455 e. The van der Waals surface area contributed by atoms with E-state index in [0.717, 1.165) is 110 Å². The zero-order chi connectivity index (χ0) is 33.5. The molecule has 236 valence electrons. The maximum atomic E-state index is 6.59. The Morgan fingerprint density at radius 3 is 1.76 bits per heavy atom. The molecule has 4 heterocycles. The predicted octanol–water partition coefficient (Wildman–Crippen LogP) is 12.5. The molecule has 0 aliphatic heterocycles. The smallest absolute Gasteiger partial charge is 0.144 e. The molecular weight excluding hydrogens is 623 g/mol. The maximum Gasteiger partial charge on any atom is 0.144 e.